The summed E-state index contributed by atoms with van der Waals surface area (Å²) >= 11 is 5.76. The normalized spacial score (nSPS) is 11.5. The summed E-state index contributed by atoms with van der Waals surface area (Å²) in [5, 5.41) is 2.77. The number of urea groups is 1. The van der Waals surface area contributed by atoms with Crippen LogP contribution >= 0.6 is 11.6 Å². The van der Waals surface area contributed by atoms with Gasteiger partial charge in [0.1, 0.15) is 0 Å². The number of para-hydroxylation sites is 1. The van der Waals surface area contributed by atoms with Crippen LogP contribution < -0.4 is 14.8 Å². The third-order valence-electron chi connectivity index (χ3n) is 3.78. The van der Waals surface area contributed by atoms with Crippen molar-refractivity contribution < 1.29 is 21.6 Å². The molecule has 11 heteroatoms. The van der Waals surface area contributed by atoms with E-state index < -0.39 is 26.1 Å². The molecule has 0 unspecified atom stereocenters. The number of nitrogens with one attached hydrogen (secondary N) is 3. The molecule has 3 N–H and O–H groups in total. The second-order valence-corrected chi connectivity index (χ2v) is 9.81. The molecule has 30 heavy (non-hydrogen) atoms. The van der Waals surface area contributed by atoms with E-state index in [2.05, 4.69) is 10.0 Å². The van der Waals surface area contributed by atoms with Gasteiger partial charge in [0.05, 0.1) is 15.5 Å². The third-order valence-corrected chi connectivity index (χ3v) is 6.76. The first-order valence-corrected chi connectivity index (χ1v) is 11.8. The Kier molecular flexibility index (Phi) is 6.30. The Bertz CT molecular complexity index is 1260. The lowest BCUT2D eigenvalue weighted by Gasteiger charge is -2.11. The number of halogens is 1. The highest BCUT2D eigenvalue weighted by Gasteiger charge is 2.20. The van der Waals surface area contributed by atoms with Gasteiger partial charge < -0.3 is 5.32 Å². The Labute approximate surface area is 179 Å². The molecule has 2 amide bonds. The molecule has 3 rings (SSSR count). The van der Waals surface area contributed by atoms with Crippen LogP contribution in [0, 0.1) is 0 Å². The summed E-state index contributed by atoms with van der Waals surface area (Å²) in [5.41, 5.74) is 0.422. The summed E-state index contributed by atoms with van der Waals surface area (Å²) in [7, 11) is -8.20. The molecule has 0 aromatic heterocycles. The zero-order valence-electron chi connectivity index (χ0n) is 15.2. The largest absolute Gasteiger partial charge is 0.333 e. The fourth-order valence-electron chi connectivity index (χ4n) is 2.41. The maximum Gasteiger partial charge on any atom is 0.333 e. The van der Waals surface area contributed by atoms with Crippen molar-refractivity contribution in [2.75, 3.05) is 10.0 Å². The maximum absolute atomic E-state index is 12.5. The van der Waals surface area contributed by atoms with Crippen LogP contribution in [0.1, 0.15) is 0 Å². The lowest BCUT2D eigenvalue weighted by Crippen LogP contribution is -2.34. The number of anilines is 2. The van der Waals surface area contributed by atoms with Crippen molar-refractivity contribution in [2.24, 2.45) is 0 Å². The topological polar surface area (TPSA) is 121 Å². The molecule has 0 saturated carbocycles. The first-order valence-electron chi connectivity index (χ1n) is 8.43. The van der Waals surface area contributed by atoms with Gasteiger partial charge in [-0.05, 0) is 54.6 Å². The Balaban J connectivity index is 1.76. The van der Waals surface area contributed by atoms with E-state index in [4.69, 9.17) is 11.6 Å². The molecule has 3 aromatic rings. The quantitative estimate of drug-likeness (QED) is 0.513. The molecule has 156 valence electrons. The van der Waals surface area contributed by atoms with Gasteiger partial charge in [-0.2, -0.15) is 0 Å². The number of hydrogen-bond acceptors (Lipinski definition) is 5. The molecule has 0 heterocycles. The predicted octanol–water partition coefficient (Wildman–Crippen LogP) is 3.65. The molecule has 3 aromatic carbocycles. The Hall–Kier alpha value is -3.08. The van der Waals surface area contributed by atoms with E-state index in [0.29, 0.717) is 10.7 Å². The minimum Gasteiger partial charge on any atom is -0.307 e. The van der Waals surface area contributed by atoms with Gasteiger partial charge in [0.25, 0.3) is 20.0 Å². The van der Waals surface area contributed by atoms with Gasteiger partial charge in [0.2, 0.25) is 0 Å². The van der Waals surface area contributed by atoms with Crippen LogP contribution in [0.4, 0.5) is 16.2 Å². The summed E-state index contributed by atoms with van der Waals surface area (Å²) in [4.78, 5) is 11.7. The van der Waals surface area contributed by atoms with Crippen molar-refractivity contribution >= 4 is 49.1 Å². The van der Waals surface area contributed by atoms with E-state index in [-0.39, 0.29) is 15.5 Å². The zero-order chi connectivity index (χ0) is 21.8. The number of carbonyl (C=O) groups is 1. The Morgan fingerprint density at radius 1 is 0.700 bits per heavy atom. The molecule has 0 fully saturated rings. The lowest BCUT2D eigenvalue weighted by molar-refractivity contribution is 0.256. The number of hydrogen-bond donors (Lipinski definition) is 3. The summed E-state index contributed by atoms with van der Waals surface area (Å²) < 4.78 is 54.1. The highest BCUT2D eigenvalue weighted by molar-refractivity contribution is 7.92. The summed E-state index contributed by atoms with van der Waals surface area (Å²) in [5.74, 6) is 0. The minimum absolute atomic E-state index is 0.0105. The van der Waals surface area contributed by atoms with Crippen LogP contribution in [-0.2, 0) is 20.0 Å². The number of rotatable bonds is 6. The van der Waals surface area contributed by atoms with Crippen LogP contribution in [0.15, 0.2) is 88.7 Å². The number of amides is 2. The molecule has 8 nitrogen and oxygen atoms in total. The zero-order valence-corrected chi connectivity index (χ0v) is 17.6. The maximum atomic E-state index is 12.5. The van der Waals surface area contributed by atoms with Gasteiger partial charge in [0, 0.05) is 10.7 Å². The second kappa shape index (κ2) is 8.74. The van der Waals surface area contributed by atoms with E-state index in [1.165, 1.54) is 42.5 Å². The number of sulfonamides is 2. The highest BCUT2D eigenvalue weighted by Crippen LogP contribution is 2.21. The molecule has 0 aliphatic carbocycles. The summed E-state index contributed by atoms with van der Waals surface area (Å²) in [6.07, 6.45) is 0. The fourth-order valence-corrected chi connectivity index (χ4v) is 4.54. The van der Waals surface area contributed by atoms with E-state index in [1.807, 2.05) is 4.72 Å². The van der Waals surface area contributed by atoms with Crippen molar-refractivity contribution in [3.63, 3.8) is 0 Å². The van der Waals surface area contributed by atoms with E-state index in [1.54, 1.807) is 30.3 Å². The highest BCUT2D eigenvalue weighted by atomic mass is 35.5. The van der Waals surface area contributed by atoms with E-state index >= 15 is 0 Å². The van der Waals surface area contributed by atoms with Gasteiger partial charge in [-0.3, -0.25) is 4.72 Å². The first-order chi connectivity index (χ1) is 14.2. The standard InChI is InChI=1S/C19H16ClN3O5S2/c20-14-9-11-17(12-10-14)29(25,26)22-16-7-4-8-18(13-16)30(27,28)23-19(24)21-15-5-2-1-3-6-15/h1-13,22H,(H2,21,23,24). The van der Waals surface area contributed by atoms with Gasteiger partial charge in [0.15, 0.2) is 0 Å². The molecular formula is C19H16ClN3O5S2. The van der Waals surface area contributed by atoms with Crippen LogP contribution in [-0.4, -0.2) is 22.9 Å². The Morgan fingerprint density at radius 3 is 2.00 bits per heavy atom. The molecule has 0 saturated heterocycles. The van der Waals surface area contributed by atoms with Gasteiger partial charge in [-0.15, -0.1) is 0 Å². The van der Waals surface area contributed by atoms with E-state index in [9.17, 15) is 21.6 Å². The number of benzene rings is 3. The Morgan fingerprint density at radius 2 is 1.33 bits per heavy atom. The molecule has 0 radical (unpaired) electrons. The molecule has 0 bridgehead atoms. The fraction of sp³-hybridized carbons (Fsp3) is 0. The van der Waals surface area contributed by atoms with Crippen LogP contribution in [0.3, 0.4) is 0 Å². The molecule has 0 aliphatic heterocycles. The van der Waals surface area contributed by atoms with Crippen LogP contribution in [0.5, 0.6) is 0 Å². The average Bonchev–Trinajstić information content (AvgIpc) is 2.68. The van der Waals surface area contributed by atoms with Crippen molar-refractivity contribution in [1.29, 1.82) is 0 Å². The predicted molar refractivity (Wildman–Crippen MR) is 114 cm³/mol. The van der Waals surface area contributed by atoms with Gasteiger partial charge >= 0.3 is 6.03 Å². The summed E-state index contributed by atoms with van der Waals surface area (Å²) in [6, 6.07) is 17.9. The third kappa shape index (κ3) is 5.50. The van der Waals surface area contributed by atoms with E-state index in [0.717, 1.165) is 6.07 Å². The average molecular weight is 466 g/mol. The SMILES string of the molecule is O=C(Nc1ccccc1)NS(=O)(=O)c1cccc(NS(=O)(=O)c2ccc(Cl)cc2)c1. The van der Waals surface area contributed by atoms with Crippen molar-refractivity contribution in [2.45, 2.75) is 9.79 Å². The van der Waals surface area contributed by atoms with Crippen LogP contribution in [0.2, 0.25) is 5.02 Å². The van der Waals surface area contributed by atoms with Gasteiger partial charge in [-0.25, -0.2) is 26.4 Å². The smallest absolute Gasteiger partial charge is 0.307 e. The first kappa shape index (κ1) is 21.6. The van der Waals surface area contributed by atoms with Crippen molar-refractivity contribution in [3.8, 4) is 0 Å². The molecule has 0 spiro atoms. The minimum atomic E-state index is -4.24. The van der Waals surface area contributed by atoms with Gasteiger partial charge in [-0.1, -0.05) is 35.9 Å². The van der Waals surface area contributed by atoms with Crippen molar-refractivity contribution in [3.05, 3.63) is 83.9 Å². The second-order valence-electron chi connectivity index (χ2n) is 6.01. The molecule has 0 atom stereocenters. The lowest BCUT2D eigenvalue weighted by atomic mass is 10.3. The summed E-state index contributed by atoms with van der Waals surface area (Å²) in [6.45, 7) is 0. The molecule has 0 aliphatic rings. The molecular weight excluding hydrogens is 450 g/mol. The van der Waals surface area contributed by atoms with Crippen LogP contribution in [0.25, 0.3) is 0 Å². The monoisotopic (exact) mass is 465 g/mol. The number of carbonyl (C=O) groups excluding carboxylic acids is 1. The van der Waals surface area contributed by atoms with Crippen molar-refractivity contribution in [1.82, 2.24) is 4.72 Å².